The summed E-state index contributed by atoms with van der Waals surface area (Å²) in [5, 5.41) is 3.04. The van der Waals surface area contributed by atoms with Crippen LogP contribution in [-0.4, -0.2) is 36.4 Å². The molecule has 0 saturated heterocycles. The molecule has 1 aliphatic rings. The van der Waals surface area contributed by atoms with Crippen LogP contribution in [0.1, 0.15) is 21.6 Å². The average Bonchev–Trinajstić information content (AvgIpc) is 2.78. The zero-order chi connectivity index (χ0) is 14.3. The maximum absolute atomic E-state index is 11.7. The number of ether oxygens (including phenoxy) is 1. The molecule has 1 aromatic carbocycles. The molecular weight excluding hydrogens is 256 g/mol. The third kappa shape index (κ3) is 1.90. The number of aromatic nitrogens is 1. The van der Waals surface area contributed by atoms with Crippen LogP contribution in [0.2, 0.25) is 0 Å². The van der Waals surface area contributed by atoms with Crippen LogP contribution in [0.25, 0.3) is 10.9 Å². The highest BCUT2D eigenvalue weighted by molar-refractivity contribution is 5.96. The highest BCUT2D eigenvalue weighted by Gasteiger charge is 2.23. The first kappa shape index (κ1) is 13.1. The van der Waals surface area contributed by atoms with Crippen LogP contribution in [0, 0.1) is 0 Å². The summed E-state index contributed by atoms with van der Waals surface area (Å²) in [7, 11) is 5.16. The van der Waals surface area contributed by atoms with Gasteiger partial charge < -0.3 is 14.1 Å². The number of carbonyl (C=O) groups excluding carboxylic acids is 1. The number of benzene rings is 1. The monoisotopic (exact) mass is 274 g/mol. The molecular formula is C15H18N2O3. The van der Waals surface area contributed by atoms with Crippen molar-refractivity contribution in [3.05, 3.63) is 35.0 Å². The van der Waals surface area contributed by atoms with E-state index < -0.39 is 0 Å². The van der Waals surface area contributed by atoms with Gasteiger partial charge in [-0.2, -0.15) is 5.06 Å². The highest BCUT2D eigenvalue weighted by atomic mass is 16.7. The minimum absolute atomic E-state index is 0.302. The summed E-state index contributed by atoms with van der Waals surface area (Å²) >= 11 is 0. The molecule has 0 N–H and O–H groups in total. The predicted octanol–water partition coefficient (Wildman–Crippen LogP) is 1.88. The molecule has 0 aliphatic carbocycles. The smallest absolute Gasteiger partial charge is 0.337 e. The van der Waals surface area contributed by atoms with Gasteiger partial charge in [0.15, 0.2) is 0 Å². The van der Waals surface area contributed by atoms with Crippen molar-refractivity contribution in [3.63, 3.8) is 0 Å². The summed E-state index contributed by atoms with van der Waals surface area (Å²) in [5.74, 6) is -0.302. The first-order valence-electron chi connectivity index (χ1n) is 6.63. The van der Waals surface area contributed by atoms with Gasteiger partial charge in [-0.1, -0.05) is 0 Å². The number of methoxy groups -OCH3 is 1. The molecule has 2 heterocycles. The molecule has 5 nitrogen and oxygen atoms in total. The van der Waals surface area contributed by atoms with Gasteiger partial charge in [0.2, 0.25) is 0 Å². The Labute approximate surface area is 117 Å². The van der Waals surface area contributed by atoms with Crippen molar-refractivity contribution in [1.82, 2.24) is 9.63 Å². The number of hydrogen-bond donors (Lipinski definition) is 0. The first-order valence-corrected chi connectivity index (χ1v) is 6.63. The maximum Gasteiger partial charge on any atom is 0.337 e. The van der Waals surface area contributed by atoms with E-state index in [0.717, 1.165) is 30.4 Å². The lowest BCUT2D eigenvalue weighted by Crippen LogP contribution is -2.29. The molecule has 0 spiro atoms. The van der Waals surface area contributed by atoms with E-state index in [2.05, 4.69) is 11.6 Å². The third-order valence-corrected chi connectivity index (χ3v) is 4.05. The van der Waals surface area contributed by atoms with E-state index in [9.17, 15) is 4.79 Å². The summed E-state index contributed by atoms with van der Waals surface area (Å²) < 4.78 is 7.00. The van der Waals surface area contributed by atoms with E-state index in [1.165, 1.54) is 18.4 Å². The Balaban J connectivity index is 2.17. The Hall–Kier alpha value is -1.85. The van der Waals surface area contributed by atoms with Gasteiger partial charge in [0, 0.05) is 36.6 Å². The van der Waals surface area contributed by atoms with Gasteiger partial charge in [-0.3, -0.25) is 0 Å². The van der Waals surface area contributed by atoms with Crippen molar-refractivity contribution in [2.75, 3.05) is 20.8 Å². The third-order valence-electron chi connectivity index (χ3n) is 4.05. The quantitative estimate of drug-likeness (QED) is 0.784. The molecule has 1 aromatic heterocycles. The van der Waals surface area contributed by atoms with Crippen LogP contribution in [0.3, 0.4) is 0 Å². The number of esters is 1. The van der Waals surface area contributed by atoms with Gasteiger partial charge in [0.05, 0.1) is 26.3 Å². The SMILES string of the molecule is COC(=O)c1ccc2c(c1)c1c(n2C)CCN(OC)C1. The van der Waals surface area contributed by atoms with E-state index in [-0.39, 0.29) is 5.97 Å². The van der Waals surface area contributed by atoms with E-state index >= 15 is 0 Å². The van der Waals surface area contributed by atoms with Gasteiger partial charge >= 0.3 is 5.97 Å². The van der Waals surface area contributed by atoms with Gasteiger partial charge in [0.1, 0.15) is 0 Å². The zero-order valence-electron chi connectivity index (χ0n) is 12.0. The van der Waals surface area contributed by atoms with Crippen molar-refractivity contribution >= 4 is 16.9 Å². The first-order chi connectivity index (χ1) is 9.65. The number of aryl methyl sites for hydroxylation is 1. The minimum Gasteiger partial charge on any atom is -0.465 e. The molecule has 2 aromatic rings. The van der Waals surface area contributed by atoms with Crippen LogP contribution in [-0.2, 0) is 29.6 Å². The Bertz CT molecular complexity index is 675. The van der Waals surface area contributed by atoms with Crippen molar-refractivity contribution < 1.29 is 14.4 Å². The van der Waals surface area contributed by atoms with Crippen molar-refractivity contribution in [3.8, 4) is 0 Å². The number of carbonyl (C=O) groups is 1. The van der Waals surface area contributed by atoms with Crippen LogP contribution >= 0.6 is 0 Å². The second-order valence-electron chi connectivity index (χ2n) is 5.00. The summed E-state index contributed by atoms with van der Waals surface area (Å²) in [4.78, 5) is 17.0. The molecule has 0 radical (unpaired) electrons. The number of rotatable bonds is 2. The average molecular weight is 274 g/mol. The Morgan fingerprint density at radius 2 is 2.10 bits per heavy atom. The summed E-state index contributed by atoms with van der Waals surface area (Å²) in [6.07, 6.45) is 0.946. The number of fused-ring (bicyclic) bond motifs is 3. The fraction of sp³-hybridized carbons (Fsp3) is 0.400. The van der Waals surface area contributed by atoms with Crippen LogP contribution in [0.4, 0.5) is 0 Å². The van der Waals surface area contributed by atoms with Gasteiger partial charge in [-0.05, 0) is 23.8 Å². The maximum atomic E-state index is 11.7. The molecule has 0 amide bonds. The summed E-state index contributed by atoms with van der Waals surface area (Å²) in [6.45, 7) is 1.63. The van der Waals surface area contributed by atoms with E-state index in [1.54, 1.807) is 7.11 Å². The predicted molar refractivity (Wildman–Crippen MR) is 75.4 cm³/mol. The second kappa shape index (κ2) is 4.92. The topological polar surface area (TPSA) is 43.7 Å². The number of hydroxylamine groups is 2. The molecule has 0 unspecified atom stereocenters. The standard InChI is InChI=1S/C15H18N2O3/c1-16-13-5-4-10(15(18)19-2)8-11(13)12-9-17(20-3)7-6-14(12)16/h4-5,8H,6-7,9H2,1-3H3. The fourth-order valence-electron chi connectivity index (χ4n) is 2.96. The van der Waals surface area contributed by atoms with Gasteiger partial charge in [-0.25, -0.2) is 4.79 Å². The largest absolute Gasteiger partial charge is 0.465 e. The second-order valence-corrected chi connectivity index (χ2v) is 5.00. The van der Waals surface area contributed by atoms with Crippen LogP contribution in [0.15, 0.2) is 18.2 Å². The minimum atomic E-state index is -0.302. The Kier molecular flexibility index (Phi) is 3.23. The lowest BCUT2D eigenvalue weighted by atomic mass is 10.0. The Morgan fingerprint density at radius 3 is 2.80 bits per heavy atom. The molecule has 3 rings (SSSR count). The number of hydrogen-bond acceptors (Lipinski definition) is 4. The molecule has 0 saturated carbocycles. The summed E-state index contributed by atoms with van der Waals surface area (Å²) in [5.41, 5.74) is 4.28. The molecule has 0 atom stereocenters. The normalized spacial score (nSPS) is 15.3. The van der Waals surface area contributed by atoms with Crippen LogP contribution < -0.4 is 0 Å². The fourth-order valence-corrected chi connectivity index (χ4v) is 2.96. The van der Waals surface area contributed by atoms with Crippen molar-refractivity contribution in [2.45, 2.75) is 13.0 Å². The van der Waals surface area contributed by atoms with Crippen LogP contribution in [0.5, 0.6) is 0 Å². The molecule has 5 heteroatoms. The van der Waals surface area contributed by atoms with E-state index in [0.29, 0.717) is 5.56 Å². The van der Waals surface area contributed by atoms with Crippen molar-refractivity contribution in [2.24, 2.45) is 7.05 Å². The van der Waals surface area contributed by atoms with Gasteiger partial charge in [-0.15, -0.1) is 0 Å². The Morgan fingerprint density at radius 1 is 1.30 bits per heavy atom. The lowest BCUT2D eigenvalue weighted by molar-refractivity contribution is -0.142. The molecule has 106 valence electrons. The number of nitrogens with zero attached hydrogens (tertiary/aromatic N) is 2. The van der Waals surface area contributed by atoms with E-state index in [4.69, 9.17) is 9.57 Å². The molecule has 20 heavy (non-hydrogen) atoms. The molecule has 1 aliphatic heterocycles. The molecule has 0 bridgehead atoms. The van der Waals surface area contributed by atoms with E-state index in [1.807, 2.05) is 23.3 Å². The molecule has 0 fully saturated rings. The highest BCUT2D eigenvalue weighted by Crippen LogP contribution is 2.31. The zero-order valence-corrected chi connectivity index (χ0v) is 12.0. The lowest BCUT2D eigenvalue weighted by Gasteiger charge is -2.25. The summed E-state index contributed by atoms with van der Waals surface area (Å²) in [6, 6.07) is 5.71. The van der Waals surface area contributed by atoms with Crippen molar-refractivity contribution in [1.29, 1.82) is 0 Å². The van der Waals surface area contributed by atoms with Gasteiger partial charge in [0.25, 0.3) is 0 Å².